The van der Waals surface area contributed by atoms with Crippen LogP contribution in [0, 0.1) is 0 Å². The van der Waals surface area contributed by atoms with Crippen molar-refractivity contribution in [2.24, 2.45) is 0 Å². The molecule has 5 nitrogen and oxygen atoms in total. The molecule has 2 fully saturated rings. The molecule has 1 spiro atoms. The second-order valence-electron chi connectivity index (χ2n) is 6.93. The van der Waals surface area contributed by atoms with Gasteiger partial charge in [0.05, 0.1) is 18.4 Å². The van der Waals surface area contributed by atoms with Gasteiger partial charge >= 0.3 is 0 Å². The Balaban J connectivity index is 1.33. The first kappa shape index (κ1) is 17.3. The van der Waals surface area contributed by atoms with Gasteiger partial charge in [0.25, 0.3) is 5.91 Å². The molecule has 1 aromatic carbocycles. The summed E-state index contributed by atoms with van der Waals surface area (Å²) < 4.78 is 12.1. The smallest absolute Gasteiger partial charge is 0.253 e. The number of carbonyl (C=O) groups excluding carboxylic acids is 1. The van der Waals surface area contributed by atoms with Gasteiger partial charge < -0.3 is 14.4 Å². The molecule has 0 saturated carbocycles. The minimum absolute atomic E-state index is 0.0396. The molecular formula is C20H21ClN2O3. The van der Waals surface area contributed by atoms with Gasteiger partial charge in [-0.2, -0.15) is 0 Å². The molecule has 2 aliphatic heterocycles. The van der Waals surface area contributed by atoms with Crippen LogP contribution in [-0.4, -0.2) is 47.2 Å². The summed E-state index contributed by atoms with van der Waals surface area (Å²) in [6, 6.07) is 10.8. The maximum absolute atomic E-state index is 12.6. The van der Waals surface area contributed by atoms with Gasteiger partial charge in [0.2, 0.25) is 0 Å². The van der Waals surface area contributed by atoms with Crippen molar-refractivity contribution in [2.75, 3.05) is 19.7 Å². The first-order valence-corrected chi connectivity index (χ1v) is 9.27. The van der Waals surface area contributed by atoms with Crippen LogP contribution in [0.1, 0.15) is 29.6 Å². The van der Waals surface area contributed by atoms with Gasteiger partial charge in [-0.25, -0.2) is 0 Å². The summed E-state index contributed by atoms with van der Waals surface area (Å²) in [5, 5.41) is 0.637. The van der Waals surface area contributed by atoms with Gasteiger partial charge in [0, 0.05) is 36.3 Å². The lowest BCUT2D eigenvalue weighted by Crippen LogP contribution is -2.46. The van der Waals surface area contributed by atoms with Crippen LogP contribution in [0.4, 0.5) is 0 Å². The number of hydrogen-bond donors (Lipinski definition) is 0. The molecule has 26 heavy (non-hydrogen) atoms. The van der Waals surface area contributed by atoms with Crippen molar-refractivity contribution in [2.45, 2.75) is 31.0 Å². The molecule has 0 aliphatic carbocycles. The third kappa shape index (κ3) is 3.69. The SMILES string of the molecule is O=C(c1ccc(Cl)cc1)N1CCC2(CC1)CC(Oc1cccnc1)CO2. The molecule has 0 bridgehead atoms. The molecule has 2 aromatic rings. The number of amides is 1. The van der Waals surface area contributed by atoms with E-state index in [1.54, 1.807) is 36.7 Å². The Hall–Kier alpha value is -2.11. The Morgan fingerprint density at radius 1 is 1.23 bits per heavy atom. The van der Waals surface area contributed by atoms with E-state index >= 15 is 0 Å². The molecular weight excluding hydrogens is 352 g/mol. The molecule has 2 aliphatic rings. The highest BCUT2D eigenvalue weighted by Gasteiger charge is 2.44. The lowest BCUT2D eigenvalue weighted by molar-refractivity contribution is -0.0395. The van der Waals surface area contributed by atoms with Crippen LogP contribution in [0.2, 0.25) is 5.02 Å². The first-order valence-electron chi connectivity index (χ1n) is 8.89. The summed E-state index contributed by atoms with van der Waals surface area (Å²) in [5.74, 6) is 0.825. The largest absolute Gasteiger partial charge is 0.486 e. The number of likely N-dealkylation sites (tertiary alicyclic amines) is 1. The molecule has 1 amide bonds. The van der Waals surface area contributed by atoms with Crippen molar-refractivity contribution in [3.05, 3.63) is 59.4 Å². The molecule has 2 saturated heterocycles. The van der Waals surface area contributed by atoms with Crippen LogP contribution in [0.25, 0.3) is 0 Å². The van der Waals surface area contributed by atoms with E-state index in [0.717, 1.165) is 25.0 Å². The van der Waals surface area contributed by atoms with Crippen LogP contribution in [0.3, 0.4) is 0 Å². The van der Waals surface area contributed by atoms with E-state index < -0.39 is 0 Å². The Morgan fingerprint density at radius 2 is 2.00 bits per heavy atom. The predicted octanol–water partition coefficient (Wildman–Crippen LogP) is 3.58. The van der Waals surface area contributed by atoms with E-state index in [1.807, 2.05) is 17.0 Å². The molecule has 3 heterocycles. The van der Waals surface area contributed by atoms with E-state index in [9.17, 15) is 4.79 Å². The fourth-order valence-corrected chi connectivity index (χ4v) is 3.85. The van der Waals surface area contributed by atoms with Crippen LogP contribution in [-0.2, 0) is 4.74 Å². The number of halogens is 1. The summed E-state index contributed by atoms with van der Waals surface area (Å²) in [5.41, 5.74) is 0.499. The topological polar surface area (TPSA) is 51.7 Å². The second-order valence-corrected chi connectivity index (χ2v) is 7.36. The molecule has 6 heteroatoms. The standard InChI is InChI=1S/C20H21ClN2O3/c21-16-5-3-15(4-6-16)19(24)23-10-7-20(8-11-23)12-18(14-25-20)26-17-2-1-9-22-13-17/h1-6,9,13,18H,7-8,10-12,14H2. The predicted molar refractivity (Wildman–Crippen MR) is 98.5 cm³/mol. The van der Waals surface area contributed by atoms with Crippen molar-refractivity contribution in [3.8, 4) is 5.75 Å². The van der Waals surface area contributed by atoms with E-state index in [1.165, 1.54) is 0 Å². The average Bonchev–Trinajstić information content (AvgIpc) is 3.05. The van der Waals surface area contributed by atoms with Crippen molar-refractivity contribution in [1.82, 2.24) is 9.88 Å². The second kappa shape index (κ2) is 7.25. The van der Waals surface area contributed by atoms with E-state index in [2.05, 4.69) is 4.98 Å². The molecule has 1 unspecified atom stereocenters. The average molecular weight is 373 g/mol. The van der Waals surface area contributed by atoms with Crippen LogP contribution in [0.5, 0.6) is 5.75 Å². The number of benzene rings is 1. The van der Waals surface area contributed by atoms with Gasteiger partial charge in [-0.05, 0) is 49.2 Å². The van der Waals surface area contributed by atoms with E-state index in [0.29, 0.717) is 30.3 Å². The molecule has 1 atom stereocenters. The number of pyridine rings is 1. The molecule has 136 valence electrons. The Labute approximate surface area is 157 Å². The molecule has 4 rings (SSSR count). The Bertz CT molecular complexity index is 758. The lowest BCUT2D eigenvalue weighted by Gasteiger charge is -2.38. The van der Waals surface area contributed by atoms with Crippen LogP contribution >= 0.6 is 11.6 Å². The highest BCUT2D eigenvalue weighted by molar-refractivity contribution is 6.30. The minimum atomic E-state index is -0.177. The summed E-state index contributed by atoms with van der Waals surface area (Å²) in [4.78, 5) is 18.6. The highest BCUT2D eigenvalue weighted by Crippen LogP contribution is 2.37. The van der Waals surface area contributed by atoms with Gasteiger partial charge in [-0.15, -0.1) is 0 Å². The zero-order valence-corrected chi connectivity index (χ0v) is 15.2. The maximum Gasteiger partial charge on any atom is 0.253 e. The van der Waals surface area contributed by atoms with Crippen molar-refractivity contribution in [3.63, 3.8) is 0 Å². The summed E-state index contributed by atoms with van der Waals surface area (Å²) >= 11 is 5.90. The summed E-state index contributed by atoms with van der Waals surface area (Å²) in [7, 11) is 0. The van der Waals surface area contributed by atoms with Gasteiger partial charge in [0.15, 0.2) is 0 Å². The molecule has 0 N–H and O–H groups in total. The van der Waals surface area contributed by atoms with Gasteiger partial charge in [0.1, 0.15) is 11.9 Å². The highest BCUT2D eigenvalue weighted by atomic mass is 35.5. The van der Waals surface area contributed by atoms with Crippen molar-refractivity contribution >= 4 is 17.5 Å². The number of carbonyl (C=O) groups is 1. The van der Waals surface area contributed by atoms with E-state index in [-0.39, 0.29) is 17.6 Å². The minimum Gasteiger partial charge on any atom is -0.486 e. The van der Waals surface area contributed by atoms with Crippen LogP contribution < -0.4 is 4.74 Å². The maximum atomic E-state index is 12.6. The third-order valence-corrected chi connectivity index (χ3v) is 5.42. The summed E-state index contributed by atoms with van der Waals surface area (Å²) in [6.07, 6.45) is 6.01. The fraction of sp³-hybridized carbons (Fsp3) is 0.400. The van der Waals surface area contributed by atoms with Gasteiger partial charge in [-0.1, -0.05) is 11.6 Å². The quantitative estimate of drug-likeness (QED) is 0.826. The number of ether oxygens (including phenoxy) is 2. The van der Waals surface area contributed by atoms with Gasteiger partial charge in [-0.3, -0.25) is 9.78 Å². The summed E-state index contributed by atoms with van der Waals surface area (Å²) in [6.45, 7) is 1.97. The Morgan fingerprint density at radius 3 is 2.69 bits per heavy atom. The first-order chi connectivity index (χ1) is 12.6. The van der Waals surface area contributed by atoms with Crippen molar-refractivity contribution in [1.29, 1.82) is 0 Å². The zero-order valence-electron chi connectivity index (χ0n) is 14.4. The number of aromatic nitrogens is 1. The van der Waals surface area contributed by atoms with E-state index in [4.69, 9.17) is 21.1 Å². The molecule has 0 radical (unpaired) electrons. The number of nitrogens with zero attached hydrogens (tertiary/aromatic N) is 2. The monoisotopic (exact) mass is 372 g/mol. The number of piperidine rings is 1. The lowest BCUT2D eigenvalue weighted by atomic mass is 9.87. The normalized spacial score (nSPS) is 21.7. The Kier molecular flexibility index (Phi) is 4.83. The number of hydrogen-bond acceptors (Lipinski definition) is 4. The molecule has 1 aromatic heterocycles. The van der Waals surface area contributed by atoms with Crippen LogP contribution in [0.15, 0.2) is 48.8 Å². The zero-order chi connectivity index (χ0) is 18.0. The fourth-order valence-electron chi connectivity index (χ4n) is 3.73. The third-order valence-electron chi connectivity index (χ3n) is 5.17. The van der Waals surface area contributed by atoms with Crippen molar-refractivity contribution < 1.29 is 14.3 Å². The number of rotatable bonds is 3.